The summed E-state index contributed by atoms with van der Waals surface area (Å²) in [4.78, 5) is 11.1. The lowest BCUT2D eigenvalue weighted by Crippen LogP contribution is -2.12. The maximum Gasteiger partial charge on any atom is 0.248 e. The average Bonchev–Trinajstić information content (AvgIpc) is 2.23. The predicted molar refractivity (Wildman–Crippen MR) is 70.0 cm³/mol. The fourth-order valence-corrected chi connectivity index (χ4v) is 2.01. The van der Waals surface area contributed by atoms with Gasteiger partial charge in [0.1, 0.15) is 0 Å². The van der Waals surface area contributed by atoms with Crippen LogP contribution in [0.3, 0.4) is 0 Å². The minimum Gasteiger partial charge on any atom is -0.490 e. The van der Waals surface area contributed by atoms with E-state index in [0.717, 1.165) is 3.57 Å². The number of nitrogens with two attached hydrogens (primary N) is 1. The number of benzene rings is 1. The Morgan fingerprint density at radius 2 is 1.94 bits per heavy atom. The number of hydrogen-bond donors (Lipinski definition) is 1. The maximum absolute atomic E-state index is 11.1. The zero-order valence-corrected chi connectivity index (χ0v) is 11.4. The second-order valence-electron chi connectivity index (χ2n) is 3.02. The van der Waals surface area contributed by atoms with E-state index in [9.17, 15) is 4.79 Å². The molecule has 0 aromatic heterocycles. The second-order valence-corrected chi connectivity index (χ2v) is 4.18. The SMILES string of the molecule is CCOc1cc(C(N)=O)cc(I)c1OCC. The standard InChI is InChI=1S/C11H14INO3/c1-3-15-9-6-7(11(13)14)5-8(12)10(9)16-4-2/h5-6H,3-4H2,1-2H3,(H2,13,14). The Bertz CT molecular complexity index is 393. The van der Waals surface area contributed by atoms with Crippen LogP contribution in [0, 0.1) is 3.57 Å². The van der Waals surface area contributed by atoms with Gasteiger partial charge in [-0.1, -0.05) is 0 Å². The van der Waals surface area contributed by atoms with E-state index in [0.29, 0.717) is 30.3 Å². The van der Waals surface area contributed by atoms with Gasteiger partial charge in [0.25, 0.3) is 0 Å². The highest BCUT2D eigenvalue weighted by Gasteiger charge is 2.13. The van der Waals surface area contributed by atoms with Gasteiger partial charge in [0.05, 0.1) is 16.8 Å². The number of amides is 1. The number of ether oxygens (including phenoxy) is 2. The number of rotatable bonds is 5. The summed E-state index contributed by atoms with van der Waals surface area (Å²) in [7, 11) is 0. The highest BCUT2D eigenvalue weighted by Crippen LogP contribution is 2.34. The molecule has 0 atom stereocenters. The molecule has 4 nitrogen and oxygen atoms in total. The highest BCUT2D eigenvalue weighted by molar-refractivity contribution is 14.1. The molecule has 1 aromatic carbocycles. The minimum atomic E-state index is -0.470. The van der Waals surface area contributed by atoms with E-state index >= 15 is 0 Å². The minimum absolute atomic E-state index is 0.427. The third kappa shape index (κ3) is 3.01. The van der Waals surface area contributed by atoms with Gasteiger partial charge >= 0.3 is 0 Å². The van der Waals surface area contributed by atoms with Crippen LogP contribution in [0.15, 0.2) is 12.1 Å². The van der Waals surface area contributed by atoms with Gasteiger partial charge in [0, 0.05) is 5.56 Å². The van der Waals surface area contributed by atoms with Crippen molar-refractivity contribution in [3.8, 4) is 11.5 Å². The fourth-order valence-electron chi connectivity index (χ4n) is 1.26. The Balaban J connectivity index is 3.21. The molecule has 0 fully saturated rings. The van der Waals surface area contributed by atoms with Gasteiger partial charge < -0.3 is 15.2 Å². The lowest BCUT2D eigenvalue weighted by atomic mass is 10.2. The van der Waals surface area contributed by atoms with Crippen molar-refractivity contribution in [2.24, 2.45) is 5.73 Å². The molecule has 16 heavy (non-hydrogen) atoms. The molecule has 1 amide bonds. The largest absolute Gasteiger partial charge is 0.490 e. The third-order valence-electron chi connectivity index (χ3n) is 1.88. The summed E-state index contributed by atoms with van der Waals surface area (Å²) in [5, 5.41) is 0. The van der Waals surface area contributed by atoms with Crippen molar-refractivity contribution in [1.82, 2.24) is 0 Å². The Labute approximate surface area is 108 Å². The van der Waals surface area contributed by atoms with E-state index in [2.05, 4.69) is 22.6 Å². The van der Waals surface area contributed by atoms with Crippen LogP contribution < -0.4 is 15.2 Å². The van der Waals surface area contributed by atoms with Crippen molar-refractivity contribution in [2.75, 3.05) is 13.2 Å². The van der Waals surface area contributed by atoms with Gasteiger partial charge in [-0.2, -0.15) is 0 Å². The molecule has 0 saturated heterocycles. The summed E-state index contributed by atoms with van der Waals surface area (Å²) in [5.41, 5.74) is 5.66. The zero-order chi connectivity index (χ0) is 12.1. The number of halogens is 1. The summed E-state index contributed by atoms with van der Waals surface area (Å²) in [6.45, 7) is 4.83. The number of carbonyl (C=O) groups excluding carboxylic acids is 1. The monoisotopic (exact) mass is 335 g/mol. The van der Waals surface area contributed by atoms with E-state index < -0.39 is 5.91 Å². The predicted octanol–water partition coefficient (Wildman–Crippen LogP) is 2.19. The van der Waals surface area contributed by atoms with Crippen LogP contribution in [-0.2, 0) is 0 Å². The molecular formula is C11H14INO3. The van der Waals surface area contributed by atoms with Gasteiger partial charge in [0.15, 0.2) is 11.5 Å². The van der Waals surface area contributed by atoms with E-state index in [1.54, 1.807) is 12.1 Å². The van der Waals surface area contributed by atoms with Crippen molar-refractivity contribution >= 4 is 28.5 Å². The molecule has 0 aliphatic rings. The smallest absolute Gasteiger partial charge is 0.248 e. The fraction of sp³-hybridized carbons (Fsp3) is 0.364. The van der Waals surface area contributed by atoms with E-state index in [1.807, 2.05) is 13.8 Å². The van der Waals surface area contributed by atoms with Crippen molar-refractivity contribution in [3.05, 3.63) is 21.3 Å². The number of carbonyl (C=O) groups is 1. The van der Waals surface area contributed by atoms with Gasteiger partial charge in [-0.3, -0.25) is 4.79 Å². The first-order chi connectivity index (χ1) is 7.60. The van der Waals surface area contributed by atoms with E-state index in [-0.39, 0.29) is 0 Å². The van der Waals surface area contributed by atoms with Crippen LogP contribution >= 0.6 is 22.6 Å². The Morgan fingerprint density at radius 1 is 1.31 bits per heavy atom. The van der Waals surface area contributed by atoms with Crippen molar-refractivity contribution in [3.63, 3.8) is 0 Å². The van der Waals surface area contributed by atoms with Crippen molar-refractivity contribution in [2.45, 2.75) is 13.8 Å². The molecule has 0 unspecified atom stereocenters. The summed E-state index contributed by atoms with van der Waals surface area (Å²) in [6.07, 6.45) is 0. The van der Waals surface area contributed by atoms with Crippen molar-refractivity contribution in [1.29, 1.82) is 0 Å². The molecule has 1 aromatic rings. The summed E-state index contributed by atoms with van der Waals surface area (Å²) >= 11 is 2.10. The van der Waals surface area contributed by atoms with E-state index in [1.165, 1.54) is 0 Å². The molecule has 0 radical (unpaired) electrons. The van der Waals surface area contributed by atoms with Gasteiger partial charge in [-0.25, -0.2) is 0 Å². The maximum atomic E-state index is 11.1. The summed E-state index contributed by atoms with van der Waals surface area (Å²) in [6, 6.07) is 3.30. The normalized spacial score (nSPS) is 9.94. The first kappa shape index (κ1) is 13.1. The van der Waals surface area contributed by atoms with Crippen LogP contribution in [-0.4, -0.2) is 19.1 Å². The van der Waals surface area contributed by atoms with Crippen LogP contribution in [0.5, 0.6) is 11.5 Å². The number of hydrogen-bond acceptors (Lipinski definition) is 3. The van der Waals surface area contributed by atoms with Crippen LogP contribution in [0.1, 0.15) is 24.2 Å². The third-order valence-corrected chi connectivity index (χ3v) is 2.68. The zero-order valence-electron chi connectivity index (χ0n) is 9.25. The molecule has 0 spiro atoms. The van der Waals surface area contributed by atoms with Crippen LogP contribution in [0.25, 0.3) is 0 Å². The topological polar surface area (TPSA) is 61.5 Å². The average molecular weight is 335 g/mol. The molecule has 2 N–H and O–H groups in total. The summed E-state index contributed by atoms with van der Waals surface area (Å²) in [5.74, 6) is 0.752. The molecule has 1 rings (SSSR count). The molecule has 88 valence electrons. The molecular weight excluding hydrogens is 321 g/mol. The van der Waals surface area contributed by atoms with Gasteiger partial charge in [-0.05, 0) is 48.6 Å². The molecule has 0 heterocycles. The van der Waals surface area contributed by atoms with E-state index in [4.69, 9.17) is 15.2 Å². The van der Waals surface area contributed by atoms with Crippen LogP contribution in [0.2, 0.25) is 0 Å². The lowest BCUT2D eigenvalue weighted by molar-refractivity contribution is 0.0999. The molecule has 0 saturated carbocycles. The molecule has 0 aliphatic heterocycles. The Morgan fingerprint density at radius 3 is 2.44 bits per heavy atom. The van der Waals surface area contributed by atoms with Crippen LogP contribution in [0.4, 0.5) is 0 Å². The van der Waals surface area contributed by atoms with Gasteiger partial charge in [0.2, 0.25) is 5.91 Å². The summed E-state index contributed by atoms with van der Waals surface area (Å²) < 4.78 is 11.7. The quantitative estimate of drug-likeness (QED) is 0.839. The lowest BCUT2D eigenvalue weighted by Gasteiger charge is -2.13. The second kappa shape index (κ2) is 5.93. The molecule has 0 bridgehead atoms. The highest BCUT2D eigenvalue weighted by atomic mass is 127. The Hall–Kier alpha value is -0.980. The van der Waals surface area contributed by atoms with Crippen molar-refractivity contribution < 1.29 is 14.3 Å². The molecule has 0 aliphatic carbocycles. The first-order valence-electron chi connectivity index (χ1n) is 4.99. The molecule has 5 heteroatoms. The first-order valence-corrected chi connectivity index (χ1v) is 6.07. The van der Waals surface area contributed by atoms with Gasteiger partial charge in [-0.15, -0.1) is 0 Å². The Kier molecular flexibility index (Phi) is 4.85. The number of primary amides is 1.